The average molecular weight is 922 g/mol. The lowest BCUT2D eigenvalue weighted by Gasteiger charge is -2.28. The van der Waals surface area contributed by atoms with Crippen molar-refractivity contribution in [3.8, 4) is 0 Å². The van der Waals surface area contributed by atoms with Crippen molar-refractivity contribution in [2.24, 2.45) is 0 Å². The minimum absolute atomic E-state index is 0.221. The Morgan fingerprint density at radius 3 is 0.714 bits per heavy atom. The molecule has 0 aromatic carbocycles. The molecule has 1 fully saturated rings. The first-order valence-electron chi connectivity index (χ1n) is 22.9. The van der Waals surface area contributed by atoms with E-state index in [1.54, 1.807) is 0 Å². The molecular weight excluding hydrogens is 834 g/mol. The first-order chi connectivity index (χ1) is 30.5. The lowest BCUT2D eigenvalue weighted by atomic mass is 10.2. The first kappa shape index (κ1) is 60.2. The Labute approximate surface area is 374 Å². The van der Waals surface area contributed by atoms with E-state index in [1.807, 2.05) is 0 Å². The number of aliphatic hydroxyl groups excluding tert-OH is 12. The molecule has 12 N–H and O–H groups in total. The van der Waals surface area contributed by atoms with E-state index in [0.29, 0.717) is 38.9 Å². The number of hydrogen-bond donors (Lipinski definition) is 12. The van der Waals surface area contributed by atoms with Gasteiger partial charge in [-0.05, 0) is 57.8 Å². The van der Waals surface area contributed by atoms with Crippen LogP contribution < -0.4 is 0 Å². The maximum atomic E-state index is 9.88. The van der Waals surface area contributed by atoms with Gasteiger partial charge in [-0.15, -0.1) is 0 Å². The maximum absolute atomic E-state index is 9.88. The summed E-state index contributed by atoms with van der Waals surface area (Å²) in [6.07, 6.45) is -2.90. The Morgan fingerprint density at radius 2 is 0.508 bits per heavy atom. The summed E-state index contributed by atoms with van der Waals surface area (Å²) in [7, 11) is 0. The van der Waals surface area contributed by atoms with Crippen molar-refractivity contribution in [1.82, 2.24) is 14.7 Å². The van der Waals surface area contributed by atoms with E-state index in [0.717, 1.165) is 39.3 Å². The predicted molar refractivity (Wildman–Crippen MR) is 231 cm³/mol. The molecule has 0 aromatic rings. The molecule has 1 saturated heterocycles. The molecule has 1 rings (SSSR count). The van der Waals surface area contributed by atoms with Gasteiger partial charge in [0.1, 0.15) is 0 Å². The number of ether oxygens (including phenoxy) is 6. The van der Waals surface area contributed by atoms with Gasteiger partial charge in [0.2, 0.25) is 0 Å². The standard InChI is InChI=1S/C42H87N3O18/c46-25-34(52)4-19-58-31-40(61-22-7-37(55)28-49)1-10-43-13-15-44(11-2-41(62-23-8-38(56)29-50)32-59-20-5-35(53)26-47)17-18-45(16-14-43)12-3-42(63-24-9-39(57)30-51)33-60-21-6-36(54)27-48/h34-42,46-57H,1-33H2/t34-,35-,36-,37-,38-,39-,40-,41-,42-/m1/s1. The molecule has 21 nitrogen and oxygen atoms in total. The fourth-order valence-electron chi connectivity index (χ4n) is 6.44. The fraction of sp³-hybridized carbons (Fsp3) is 1.00. The van der Waals surface area contributed by atoms with Gasteiger partial charge >= 0.3 is 0 Å². The van der Waals surface area contributed by atoms with E-state index in [1.165, 1.54) is 0 Å². The van der Waals surface area contributed by atoms with Crippen molar-refractivity contribution in [2.75, 3.05) is 158 Å². The van der Waals surface area contributed by atoms with Gasteiger partial charge in [-0.1, -0.05) is 0 Å². The van der Waals surface area contributed by atoms with E-state index in [9.17, 15) is 61.3 Å². The van der Waals surface area contributed by atoms with Crippen molar-refractivity contribution in [2.45, 2.75) is 113 Å². The SMILES string of the molecule is OC[C@H](O)CCOC[C@@H](CCN1CCN(CC[C@H](COCC[C@@H](O)CO)OCC[C@@H](O)CO)CCN(CC[C@H](COCC[C@@H](O)CO)OCC[C@@H](O)CO)CC1)OCC[C@@H](O)CO. The highest BCUT2D eigenvalue weighted by Crippen LogP contribution is 2.12. The Balaban J connectivity index is 3.15. The Hall–Kier alpha value is -0.840. The van der Waals surface area contributed by atoms with E-state index in [2.05, 4.69) is 14.7 Å². The minimum Gasteiger partial charge on any atom is -0.394 e. The van der Waals surface area contributed by atoms with Crippen molar-refractivity contribution in [3.05, 3.63) is 0 Å². The third kappa shape index (κ3) is 33.3. The maximum Gasteiger partial charge on any atom is 0.0820 e. The smallest absolute Gasteiger partial charge is 0.0820 e. The van der Waals surface area contributed by atoms with Crippen LogP contribution in [0.3, 0.4) is 0 Å². The molecule has 9 atom stereocenters. The molecule has 0 bridgehead atoms. The molecule has 1 aliphatic rings. The molecule has 1 heterocycles. The van der Waals surface area contributed by atoms with Crippen molar-refractivity contribution < 1.29 is 89.7 Å². The molecule has 63 heavy (non-hydrogen) atoms. The number of aliphatic hydroxyl groups is 12. The summed E-state index contributed by atoms with van der Waals surface area (Å²) < 4.78 is 35.7. The highest BCUT2D eigenvalue weighted by Gasteiger charge is 2.22. The Morgan fingerprint density at radius 1 is 0.302 bits per heavy atom. The number of nitrogens with zero attached hydrogens (tertiary/aromatic N) is 3. The lowest BCUT2D eigenvalue weighted by molar-refractivity contribution is -0.0446. The number of rotatable bonds is 42. The van der Waals surface area contributed by atoms with Crippen molar-refractivity contribution in [3.63, 3.8) is 0 Å². The van der Waals surface area contributed by atoms with E-state index >= 15 is 0 Å². The van der Waals surface area contributed by atoms with Crippen LogP contribution in [-0.2, 0) is 28.4 Å². The van der Waals surface area contributed by atoms with Gasteiger partial charge in [-0.25, -0.2) is 0 Å². The highest BCUT2D eigenvalue weighted by atomic mass is 16.5. The summed E-state index contributed by atoms with van der Waals surface area (Å²) in [5.41, 5.74) is 0. The zero-order chi connectivity index (χ0) is 46.5. The third-order valence-electron chi connectivity index (χ3n) is 10.9. The van der Waals surface area contributed by atoms with Crippen LogP contribution in [0.15, 0.2) is 0 Å². The molecule has 0 saturated carbocycles. The van der Waals surface area contributed by atoms with Crippen LogP contribution in [0.5, 0.6) is 0 Å². The van der Waals surface area contributed by atoms with E-state index in [4.69, 9.17) is 28.4 Å². The second kappa shape index (κ2) is 40.2. The Kier molecular flexibility index (Phi) is 38.4. The van der Waals surface area contributed by atoms with Crippen LogP contribution in [0.25, 0.3) is 0 Å². The van der Waals surface area contributed by atoms with Crippen LogP contribution in [0.2, 0.25) is 0 Å². The molecule has 0 aliphatic carbocycles. The molecule has 0 spiro atoms. The van der Waals surface area contributed by atoms with Gasteiger partial charge in [0.15, 0.2) is 0 Å². The summed E-state index contributed by atoms with van der Waals surface area (Å²) in [5, 5.41) is 114. The molecular formula is C42H87N3O18. The third-order valence-corrected chi connectivity index (χ3v) is 10.9. The van der Waals surface area contributed by atoms with Crippen molar-refractivity contribution >= 4 is 0 Å². The van der Waals surface area contributed by atoms with Gasteiger partial charge in [-0.3, -0.25) is 0 Å². The average Bonchev–Trinajstić information content (AvgIpc) is 3.39. The molecule has 0 aromatic heterocycles. The monoisotopic (exact) mass is 922 g/mol. The quantitative estimate of drug-likeness (QED) is 0.0258. The van der Waals surface area contributed by atoms with Crippen LogP contribution in [-0.4, -0.2) is 289 Å². The van der Waals surface area contributed by atoms with Gasteiger partial charge in [0.25, 0.3) is 0 Å². The fourth-order valence-corrected chi connectivity index (χ4v) is 6.44. The second-order valence-electron chi connectivity index (χ2n) is 16.3. The van der Waals surface area contributed by atoms with Gasteiger partial charge < -0.3 is 104 Å². The normalized spacial score (nSPS) is 19.4. The largest absolute Gasteiger partial charge is 0.394 e. The summed E-state index contributed by atoms with van der Waals surface area (Å²) in [5.74, 6) is 0. The number of hydrogen-bond acceptors (Lipinski definition) is 21. The lowest BCUT2D eigenvalue weighted by Crippen LogP contribution is -2.39. The summed E-state index contributed by atoms with van der Waals surface area (Å²) >= 11 is 0. The van der Waals surface area contributed by atoms with Crippen LogP contribution in [0, 0.1) is 0 Å². The van der Waals surface area contributed by atoms with Gasteiger partial charge in [0, 0.05) is 98.5 Å². The molecule has 378 valence electrons. The summed E-state index contributed by atoms with van der Waals surface area (Å²) in [6, 6.07) is 0. The van der Waals surface area contributed by atoms with Crippen LogP contribution in [0.1, 0.15) is 57.8 Å². The first-order valence-corrected chi connectivity index (χ1v) is 22.9. The molecule has 0 unspecified atom stereocenters. The topological polar surface area (TPSA) is 308 Å². The van der Waals surface area contributed by atoms with Crippen LogP contribution in [0.4, 0.5) is 0 Å². The van der Waals surface area contributed by atoms with E-state index < -0.39 is 36.6 Å². The van der Waals surface area contributed by atoms with Gasteiger partial charge in [-0.2, -0.15) is 0 Å². The summed E-state index contributed by atoms with van der Waals surface area (Å²) in [4.78, 5) is 7.08. The molecule has 0 amide bonds. The van der Waals surface area contributed by atoms with Crippen LogP contribution >= 0.6 is 0 Å². The Bertz CT molecular complexity index is 874. The van der Waals surface area contributed by atoms with Gasteiger partial charge in [0.05, 0.1) is 114 Å². The zero-order valence-electron chi connectivity index (χ0n) is 37.7. The molecule has 0 radical (unpaired) electrons. The second-order valence-corrected chi connectivity index (χ2v) is 16.3. The highest BCUT2D eigenvalue weighted by molar-refractivity contribution is 4.76. The van der Waals surface area contributed by atoms with E-state index in [-0.39, 0.29) is 156 Å². The molecule has 1 aliphatic heterocycles. The minimum atomic E-state index is -0.896. The summed E-state index contributed by atoms with van der Waals surface area (Å²) in [6.45, 7) is 6.36. The zero-order valence-corrected chi connectivity index (χ0v) is 37.7. The predicted octanol–water partition coefficient (Wildman–Crippen LogP) is -4.26. The molecule has 21 heteroatoms. The van der Waals surface area contributed by atoms with Crippen molar-refractivity contribution in [1.29, 1.82) is 0 Å².